The molecule has 3 aromatic heterocycles. The van der Waals surface area contributed by atoms with Gasteiger partial charge in [-0.1, -0.05) is 18.2 Å². The third-order valence-electron chi connectivity index (χ3n) is 7.07. The molecular formula is C38H31GeIrN3S-2. The second-order valence-electron chi connectivity index (χ2n) is 11.2. The molecular weight excluding hydrogens is 795 g/mol. The van der Waals surface area contributed by atoms with E-state index >= 15 is 0 Å². The normalized spacial score (nSPS) is 10.9. The third kappa shape index (κ3) is 7.48. The van der Waals surface area contributed by atoms with Gasteiger partial charge < -0.3 is 4.98 Å². The monoisotopic (exact) mass is 828 g/mol. The molecule has 0 N–H and O–H groups in total. The molecule has 0 spiro atoms. The van der Waals surface area contributed by atoms with E-state index in [1.165, 1.54) is 15.5 Å². The van der Waals surface area contributed by atoms with Crippen LogP contribution < -0.4 is 4.40 Å². The van der Waals surface area contributed by atoms with Crippen LogP contribution in [0.25, 0.3) is 54.4 Å². The van der Waals surface area contributed by atoms with Gasteiger partial charge in [0.1, 0.15) is 0 Å². The zero-order chi connectivity index (χ0) is 29.6. The average molecular weight is 827 g/mol. The van der Waals surface area contributed by atoms with Gasteiger partial charge in [0, 0.05) is 26.3 Å². The molecule has 3 heterocycles. The molecule has 7 rings (SSSR count). The molecule has 0 bridgehead atoms. The summed E-state index contributed by atoms with van der Waals surface area (Å²) in [6.45, 7) is 0. The number of rotatable bonds is 5. The summed E-state index contributed by atoms with van der Waals surface area (Å²) in [5, 5.41) is 1.02. The second kappa shape index (κ2) is 14.4. The van der Waals surface area contributed by atoms with Crippen LogP contribution in [0.4, 0.5) is 0 Å². The molecule has 0 aliphatic heterocycles. The van der Waals surface area contributed by atoms with Crippen molar-refractivity contribution < 1.29 is 20.1 Å². The molecule has 0 fully saturated rings. The van der Waals surface area contributed by atoms with Crippen LogP contribution in [0.15, 0.2) is 134 Å². The van der Waals surface area contributed by atoms with Crippen molar-refractivity contribution in [2.45, 2.75) is 17.3 Å². The van der Waals surface area contributed by atoms with E-state index in [1.807, 2.05) is 48.5 Å². The molecule has 4 aromatic carbocycles. The van der Waals surface area contributed by atoms with E-state index in [2.05, 4.69) is 113 Å². The minimum Gasteiger partial charge on any atom is -0.305 e. The molecule has 0 aliphatic rings. The molecule has 3 nitrogen and oxygen atoms in total. The summed E-state index contributed by atoms with van der Waals surface area (Å²) >= 11 is -0.166. The Hall–Kier alpha value is -3.74. The standard InChI is InChI=1S/C27H23GeN2S.C11H8N.Ir/c1-28(2,3)22-14-15-24(29-18-22)21-16-23(19-10-6-4-7-11-19)26-25(17-21)30-27(31-26)20-12-8-5-9-13-20;1-2-6-10(7-3-1)11-8-4-5-9-12-11;/h4-16,18H,1-3H3;1-6,8-9H;/q2*-1;. The van der Waals surface area contributed by atoms with E-state index < -0.39 is 13.3 Å². The van der Waals surface area contributed by atoms with Gasteiger partial charge in [0.05, 0.1) is 0 Å². The minimum atomic E-state index is -1.89. The van der Waals surface area contributed by atoms with E-state index in [0.717, 1.165) is 43.3 Å². The second-order valence-corrected chi connectivity index (χ2v) is 22.9. The first-order valence-electron chi connectivity index (χ1n) is 14.3. The number of pyridine rings is 2. The number of nitrogens with zero attached hydrogens (tertiary/aromatic N) is 3. The van der Waals surface area contributed by atoms with Crippen LogP contribution >= 0.6 is 11.3 Å². The topological polar surface area (TPSA) is 38.7 Å². The van der Waals surface area contributed by atoms with Crippen molar-refractivity contribution in [3.63, 3.8) is 0 Å². The van der Waals surface area contributed by atoms with Gasteiger partial charge in [0.2, 0.25) is 0 Å². The summed E-state index contributed by atoms with van der Waals surface area (Å²) < 4.78 is 2.57. The molecule has 6 heteroatoms. The molecule has 1 radical (unpaired) electrons. The van der Waals surface area contributed by atoms with Crippen LogP contribution in [0, 0.1) is 12.1 Å². The molecule has 44 heavy (non-hydrogen) atoms. The van der Waals surface area contributed by atoms with Crippen molar-refractivity contribution >= 4 is 39.2 Å². The number of thiazole rings is 1. The third-order valence-corrected chi connectivity index (χ3v) is 12.5. The Kier molecular flexibility index (Phi) is 10.3. The van der Waals surface area contributed by atoms with E-state index in [1.54, 1.807) is 17.5 Å². The van der Waals surface area contributed by atoms with Gasteiger partial charge in [-0.15, -0.1) is 35.9 Å². The number of hydrogen-bond acceptors (Lipinski definition) is 4. The molecule has 219 valence electrons. The van der Waals surface area contributed by atoms with Crippen LogP contribution in [-0.4, -0.2) is 28.2 Å². The van der Waals surface area contributed by atoms with Crippen molar-refractivity contribution in [2.24, 2.45) is 0 Å². The van der Waals surface area contributed by atoms with Crippen LogP contribution in [0.3, 0.4) is 0 Å². The van der Waals surface area contributed by atoms with Crippen molar-refractivity contribution in [3.8, 4) is 44.2 Å². The maximum Gasteiger partial charge on any atom is 0.0160 e. The largest absolute Gasteiger partial charge is 0.305 e. The summed E-state index contributed by atoms with van der Waals surface area (Å²) in [6.07, 6.45) is 3.85. The predicted molar refractivity (Wildman–Crippen MR) is 184 cm³/mol. The molecule has 0 amide bonds. The Morgan fingerprint density at radius 2 is 1.34 bits per heavy atom. The summed E-state index contributed by atoms with van der Waals surface area (Å²) in [5.41, 5.74) is 8.36. The summed E-state index contributed by atoms with van der Waals surface area (Å²) in [7, 11) is 0. The molecule has 0 saturated heterocycles. The fraction of sp³-hybridized carbons (Fsp3) is 0.0789. The van der Waals surface area contributed by atoms with Crippen LogP contribution in [0.2, 0.25) is 17.3 Å². The summed E-state index contributed by atoms with van der Waals surface area (Å²) in [6, 6.07) is 47.9. The summed E-state index contributed by atoms with van der Waals surface area (Å²) in [4.78, 5) is 14.0. The van der Waals surface area contributed by atoms with Gasteiger partial charge in [-0.3, -0.25) is 0 Å². The van der Waals surface area contributed by atoms with Gasteiger partial charge in [0.15, 0.2) is 0 Å². The maximum atomic E-state index is 4.96. The number of benzene rings is 4. The first-order chi connectivity index (χ1) is 21.0. The fourth-order valence-corrected chi connectivity index (χ4v) is 7.94. The number of hydrogen-bond donors (Lipinski definition) is 0. The molecule has 0 atom stereocenters. The van der Waals surface area contributed by atoms with Gasteiger partial charge in [0.25, 0.3) is 0 Å². The minimum absolute atomic E-state index is 0. The first kappa shape index (κ1) is 31.7. The van der Waals surface area contributed by atoms with E-state index in [-0.39, 0.29) is 20.1 Å². The zero-order valence-electron chi connectivity index (χ0n) is 24.8. The molecule has 0 unspecified atom stereocenters. The number of aromatic nitrogens is 3. The van der Waals surface area contributed by atoms with Crippen molar-refractivity contribution in [3.05, 3.63) is 146 Å². The van der Waals surface area contributed by atoms with Crippen LogP contribution in [0.5, 0.6) is 0 Å². The Morgan fingerprint density at radius 3 is 1.95 bits per heavy atom. The van der Waals surface area contributed by atoms with Crippen molar-refractivity contribution in [1.82, 2.24) is 15.0 Å². The maximum absolute atomic E-state index is 4.96. The molecule has 0 saturated carbocycles. The van der Waals surface area contributed by atoms with Crippen molar-refractivity contribution in [1.29, 1.82) is 0 Å². The van der Waals surface area contributed by atoms with Gasteiger partial charge >= 0.3 is 184 Å². The van der Waals surface area contributed by atoms with Gasteiger partial charge in [-0.2, -0.15) is 0 Å². The quantitative estimate of drug-likeness (QED) is 0.128. The average Bonchev–Trinajstić information content (AvgIpc) is 3.50. The van der Waals surface area contributed by atoms with Crippen molar-refractivity contribution in [2.75, 3.05) is 0 Å². The SMILES string of the molecule is [CH3][Ge]([CH3])([CH3])[c]1ccc(-c2[c-]c3nc(-c4ccccc4)sc3c(-c3ccccc3)c2)nc1.[Ir].[c-]1ccccc1-c1ccccn1. The van der Waals surface area contributed by atoms with E-state index in [4.69, 9.17) is 9.97 Å². The Balaban J connectivity index is 0.000000248. The van der Waals surface area contributed by atoms with Gasteiger partial charge in [-0.25, -0.2) is 0 Å². The van der Waals surface area contributed by atoms with Crippen LogP contribution in [0.1, 0.15) is 0 Å². The summed E-state index contributed by atoms with van der Waals surface area (Å²) in [5.74, 6) is 7.17. The molecule has 0 aliphatic carbocycles. The van der Waals surface area contributed by atoms with Gasteiger partial charge in [-0.05, 0) is 11.8 Å². The Morgan fingerprint density at radius 1 is 0.659 bits per heavy atom. The van der Waals surface area contributed by atoms with E-state index in [9.17, 15) is 0 Å². The Labute approximate surface area is 279 Å². The van der Waals surface area contributed by atoms with E-state index in [0.29, 0.717) is 0 Å². The van der Waals surface area contributed by atoms with Crippen LogP contribution in [-0.2, 0) is 20.1 Å². The number of fused-ring (bicyclic) bond motifs is 1. The Bertz CT molecular complexity index is 1880. The smallest absolute Gasteiger partial charge is 0.0160 e. The zero-order valence-corrected chi connectivity index (χ0v) is 30.1. The fourth-order valence-electron chi connectivity index (χ4n) is 4.71. The predicted octanol–water partition coefficient (Wildman–Crippen LogP) is 9.58. The molecule has 7 aromatic rings. The first-order valence-corrected chi connectivity index (χ1v) is 22.4.